The van der Waals surface area contributed by atoms with Crippen molar-refractivity contribution < 1.29 is 0 Å². The van der Waals surface area contributed by atoms with E-state index in [0.29, 0.717) is 14.7 Å². The van der Waals surface area contributed by atoms with Crippen molar-refractivity contribution in [1.82, 2.24) is 3.98 Å². The molecule has 2 rings (SSSR count). The zero-order valence-corrected chi connectivity index (χ0v) is 10.2. The van der Waals surface area contributed by atoms with E-state index < -0.39 is 0 Å². The molecule has 0 unspecified atom stereocenters. The molecule has 1 aromatic heterocycles. The van der Waals surface area contributed by atoms with Crippen LogP contribution in [0.3, 0.4) is 0 Å². The number of aromatic nitrogens is 1. The summed E-state index contributed by atoms with van der Waals surface area (Å²) in [6.45, 7) is 0. The first kappa shape index (κ1) is 7.99. The predicted octanol–water partition coefficient (Wildman–Crippen LogP) is 2.82. The van der Waals surface area contributed by atoms with E-state index in [1.807, 2.05) is 6.20 Å². The molecule has 0 radical (unpaired) electrons. The first-order valence-corrected chi connectivity index (χ1v) is 6.18. The summed E-state index contributed by atoms with van der Waals surface area (Å²) in [5.74, 6) is 0. The Morgan fingerprint density at radius 3 is 2.91 bits per heavy atom. The van der Waals surface area contributed by atoms with Crippen molar-refractivity contribution in [3.63, 3.8) is 0 Å². The summed E-state index contributed by atoms with van der Waals surface area (Å²) in [6, 6.07) is 4.18. The van der Waals surface area contributed by atoms with Crippen molar-refractivity contribution >= 4 is 56.2 Å². The Labute approximate surface area is 87.0 Å². The summed E-state index contributed by atoms with van der Waals surface area (Å²) < 4.78 is 7.82. The third-order valence-corrected chi connectivity index (χ3v) is 5.07. The summed E-state index contributed by atoms with van der Waals surface area (Å²) in [5.41, 5.74) is 0. The van der Waals surface area contributed by atoms with Crippen LogP contribution in [0.25, 0.3) is 9.65 Å². The summed E-state index contributed by atoms with van der Waals surface area (Å²) in [6.07, 6.45) is 1.93. The SMILES string of the molecule is Brc1ccc2[se]ncc2c1Br. The standard InChI is InChI=1S/C7H3Br2NSe/c8-5-1-2-6-4(7(5)9)3-10-11-6/h1-3H. The molecule has 56 valence electrons. The maximum atomic E-state index is 4.24. The van der Waals surface area contributed by atoms with Gasteiger partial charge in [0.2, 0.25) is 0 Å². The van der Waals surface area contributed by atoms with Crippen LogP contribution in [0.2, 0.25) is 0 Å². The predicted molar refractivity (Wildman–Crippen MR) is 54.1 cm³/mol. The fraction of sp³-hybridized carbons (Fsp3) is 0. The number of rotatable bonds is 0. The molecule has 0 fully saturated rings. The Morgan fingerprint density at radius 2 is 2.09 bits per heavy atom. The molecule has 0 saturated carbocycles. The molecule has 0 N–H and O–H groups in total. The van der Waals surface area contributed by atoms with Crippen LogP contribution < -0.4 is 0 Å². The van der Waals surface area contributed by atoms with Crippen LogP contribution in [0.5, 0.6) is 0 Å². The van der Waals surface area contributed by atoms with Gasteiger partial charge in [0, 0.05) is 0 Å². The van der Waals surface area contributed by atoms with E-state index in [1.165, 1.54) is 9.65 Å². The van der Waals surface area contributed by atoms with E-state index >= 15 is 0 Å². The second-order valence-corrected chi connectivity index (χ2v) is 5.49. The topological polar surface area (TPSA) is 12.9 Å². The van der Waals surface area contributed by atoms with Crippen molar-refractivity contribution in [3.8, 4) is 0 Å². The van der Waals surface area contributed by atoms with Crippen LogP contribution in [0.15, 0.2) is 27.3 Å². The third-order valence-electron chi connectivity index (χ3n) is 1.43. The molecule has 0 bridgehead atoms. The molecular formula is C7H3Br2NSe. The fourth-order valence-corrected chi connectivity index (χ4v) is 3.35. The summed E-state index contributed by atoms with van der Waals surface area (Å²) in [5, 5.41) is 1.24. The van der Waals surface area contributed by atoms with E-state index in [-0.39, 0.29) is 0 Å². The fourth-order valence-electron chi connectivity index (χ4n) is 0.884. The van der Waals surface area contributed by atoms with Gasteiger partial charge in [0.05, 0.1) is 0 Å². The van der Waals surface area contributed by atoms with Gasteiger partial charge in [0.1, 0.15) is 0 Å². The Hall–Kier alpha value is 0.369. The third kappa shape index (κ3) is 1.33. The average molecular weight is 340 g/mol. The molecule has 2 aromatic rings. The summed E-state index contributed by atoms with van der Waals surface area (Å²) in [7, 11) is 0. The van der Waals surface area contributed by atoms with Crippen LogP contribution in [-0.4, -0.2) is 18.7 Å². The van der Waals surface area contributed by atoms with E-state index in [1.54, 1.807) is 0 Å². The zero-order chi connectivity index (χ0) is 7.84. The monoisotopic (exact) mass is 339 g/mol. The molecule has 1 aromatic carbocycles. The molecule has 0 aliphatic rings. The maximum absolute atomic E-state index is 4.24. The van der Waals surface area contributed by atoms with E-state index in [4.69, 9.17) is 0 Å². The van der Waals surface area contributed by atoms with Crippen LogP contribution >= 0.6 is 31.9 Å². The van der Waals surface area contributed by atoms with Gasteiger partial charge in [-0.3, -0.25) is 0 Å². The molecule has 0 spiro atoms. The number of benzene rings is 1. The molecule has 1 heterocycles. The minimum atomic E-state index is 0.304. The molecule has 1 nitrogen and oxygen atoms in total. The van der Waals surface area contributed by atoms with Crippen molar-refractivity contribution in [3.05, 3.63) is 27.3 Å². The summed E-state index contributed by atoms with van der Waals surface area (Å²) in [4.78, 5) is 0. The summed E-state index contributed by atoms with van der Waals surface area (Å²) >= 11 is 7.25. The first-order chi connectivity index (χ1) is 5.29. The quantitative estimate of drug-likeness (QED) is 0.673. The van der Waals surface area contributed by atoms with Crippen molar-refractivity contribution in [2.24, 2.45) is 0 Å². The number of halogens is 2. The van der Waals surface area contributed by atoms with Gasteiger partial charge in [-0.2, -0.15) is 0 Å². The van der Waals surface area contributed by atoms with Crippen molar-refractivity contribution in [2.45, 2.75) is 0 Å². The van der Waals surface area contributed by atoms with Gasteiger partial charge in [-0.15, -0.1) is 0 Å². The van der Waals surface area contributed by atoms with Crippen molar-refractivity contribution in [1.29, 1.82) is 0 Å². The molecule has 11 heavy (non-hydrogen) atoms. The van der Waals surface area contributed by atoms with Gasteiger partial charge in [0.15, 0.2) is 0 Å². The average Bonchev–Trinajstić information content (AvgIpc) is 2.45. The second-order valence-electron chi connectivity index (χ2n) is 2.10. The number of hydrogen-bond acceptors (Lipinski definition) is 1. The molecule has 4 heteroatoms. The van der Waals surface area contributed by atoms with Gasteiger partial charge in [0.25, 0.3) is 0 Å². The Bertz CT molecular complexity index is 396. The first-order valence-electron chi connectivity index (χ1n) is 2.97. The van der Waals surface area contributed by atoms with Crippen LogP contribution in [-0.2, 0) is 0 Å². The van der Waals surface area contributed by atoms with Crippen molar-refractivity contribution in [2.75, 3.05) is 0 Å². The van der Waals surface area contributed by atoms with Gasteiger partial charge in [-0.05, 0) is 0 Å². The van der Waals surface area contributed by atoms with E-state index in [9.17, 15) is 0 Å². The molecule has 0 amide bonds. The minimum absolute atomic E-state index is 0.304. The van der Waals surface area contributed by atoms with Gasteiger partial charge in [-0.1, -0.05) is 0 Å². The second kappa shape index (κ2) is 3.02. The molecule has 0 saturated heterocycles. The van der Waals surface area contributed by atoms with E-state index in [0.717, 1.165) is 8.95 Å². The van der Waals surface area contributed by atoms with Crippen LogP contribution in [0.1, 0.15) is 0 Å². The number of fused-ring (bicyclic) bond motifs is 1. The zero-order valence-electron chi connectivity index (χ0n) is 5.34. The van der Waals surface area contributed by atoms with Crippen LogP contribution in [0, 0.1) is 0 Å². The van der Waals surface area contributed by atoms with Crippen LogP contribution in [0.4, 0.5) is 0 Å². The Kier molecular flexibility index (Phi) is 2.19. The molecule has 0 atom stereocenters. The number of nitrogens with zero attached hydrogens (tertiary/aromatic N) is 1. The molecule has 0 aliphatic heterocycles. The molecule has 0 aliphatic carbocycles. The van der Waals surface area contributed by atoms with E-state index in [2.05, 4.69) is 48.0 Å². The van der Waals surface area contributed by atoms with Gasteiger partial charge >= 0.3 is 87.5 Å². The number of hydrogen-bond donors (Lipinski definition) is 0. The normalized spacial score (nSPS) is 10.7. The molecular weight excluding hydrogens is 337 g/mol. The Balaban J connectivity index is 2.93. The van der Waals surface area contributed by atoms with Gasteiger partial charge in [-0.25, -0.2) is 0 Å². The Morgan fingerprint density at radius 1 is 1.27 bits per heavy atom. The van der Waals surface area contributed by atoms with Gasteiger partial charge < -0.3 is 0 Å².